The number of carbonyl (C=O) groups excluding carboxylic acids is 2. The molecule has 1 aromatic carbocycles. The van der Waals surface area contributed by atoms with Gasteiger partial charge in [-0.3, -0.25) is 14.5 Å². The van der Waals surface area contributed by atoms with E-state index in [-0.39, 0.29) is 11.5 Å². The van der Waals surface area contributed by atoms with Crippen molar-refractivity contribution in [3.63, 3.8) is 0 Å². The number of carbonyl (C=O) groups is 2. The van der Waals surface area contributed by atoms with Crippen LogP contribution >= 0.6 is 11.3 Å². The van der Waals surface area contributed by atoms with E-state index < -0.39 is 17.6 Å². The van der Waals surface area contributed by atoms with Gasteiger partial charge in [0, 0.05) is 45.8 Å². The number of halogens is 3. The molecule has 0 unspecified atom stereocenters. The van der Waals surface area contributed by atoms with E-state index in [9.17, 15) is 22.8 Å². The predicted octanol–water partition coefficient (Wildman–Crippen LogP) is 3.13. The maximum Gasteiger partial charge on any atom is 0.416 e. The van der Waals surface area contributed by atoms with Crippen LogP contribution in [0.4, 0.5) is 13.2 Å². The molecule has 10 heteroatoms. The summed E-state index contributed by atoms with van der Waals surface area (Å²) in [5, 5.41) is 0.829. The highest BCUT2D eigenvalue weighted by atomic mass is 32.1. The van der Waals surface area contributed by atoms with Crippen LogP contribution in [-0.4, -0.2) is 71.8 Å². The van der Waals surface area contributed by atoms with Crippen LogP contribution < -0.4 is 0 Å². The number of amides is 2. The maximum absolute atomic E-state index is 12.9. The van der Waals surface area contributed by atoms with E-state index in [1.165, 1.54) is 28.4 Å². The number of thiazole rings is 1. The Morgan fingerprint density at radius 1 is 1.17 bits per heavy atom. The second-order valence-corrected chi connectivity index (χ2v) is 8.45. The van der Waals surface area contributed by atoms with Crippen molar-refractivity contribution < 1.29 is 22.8 Å². The summed E-state index contributed by atoms with van der Waals surface area (Å²) in [5.41, 5.74) is -0.0816. The lowest BCUT2D eigenvalue weighted by atomic mass is 10.1. The van der Waals surface area contributed by atoms with E-state index in [2.05, 4.69) is 9.88 Å². The summed E-state index contributed by atoms with van der Waals surface area (Å²) in [6.07, 6.45) is -4.48. The molecule has 2 aromatic rings. The van der Waals surface area contributed by atoms with Crippen LogP contribution in [0.15, 0.2) is 24.3 Å². The van der Waals surface area contributed by atoms with E-state index in [1.54, 1.807) is 19.0 Å². The molecular formula is C20H23F3N4O2S. The molecule has 0 N–H and O–H groups in total. The standard InChI is InChI=1S/C20H23F3N4O2S/c1-13-17(19(29)25(2)3)30-16(24-13)12-26-7-9-27(10-8-26)18(28)14-5-4-6-15(11-14)20(21,22)23/h4-6,11H,7-10,12H2,1-3H3. The van der Waals surface area contributed by atoms with Gasteiger partial charge >= 0.3 is 6.18 Å². The molecule has 0 aliphatic carbocycles. The Balaban J connectivity index is 1.60. The van der Waals surface area contributed by atoms with Gasteiger partial charge in [-0.05, 0) is 25.1 Å². The number of rotatable bonds is 4. The van der Waals surface area contributed by atoms with E-state index in [1.807, 2.05) is 6.92 Å². The number of aryl methyl sites for hydroxylation is 1. The summed E-state index contributed by atoms with van der Waals surface area (Å²) in [4.78, 5) is 35.1. The van der Waals surface area contributed by atoms with Gasteiger partial charge in [0.1, 0.15) is 9.88 Å². The molecule has 2 amide bonds. The number of hydrogen-bond acceptors (Lipinski definition) is 5. The van der Waals surface area contributed by atoms with Crippen molar-refractivity contribution in [2.75, 3.05) is 40.3 Å². The summed E-state index contributed by atoms with van der Waals surface area (Å²) in [6, 6.07) is 4.52. The fourth-order valence-electron chi connectivity index (χ4n) is 3.23. The summed E-state index contributed by atoms with van der Waals surface area (Å²) in [6.45, 7) is 4.38. The van der Waals surface area contributed by atoms with E-state index in [0.29, 0.717) is 43.3 Å². The second kappa shape index (κ2) is 8.73. The lowest BCUT2D eigenvalue weighted by Crippen LogP contribution is -2.48. The van der Waals surface area contributed by atoms with Crippen LogP contribution in [0.3, 0.4) is 0 Å². The van der Waals surface area contributed by atoms with Crippen molar-refractivity contribution in [3.05, 3.63) is 51.0 Å². The van der Waals surface area contributed by atoms with E-state index in [0.717, 1.165) is 17.1 Å². The van der Waals surface area contributed by atoms with Crippen LogP contribution in [0.5, 0.6) is 0 Å². The third kappa shape index (κ3) is 4.99. The number of benzene rings is 1. The molecule has 1 aliphatic rings. The summed E-state index contributed by atoms with van der Waals surface area (Å²) in [7, 11) is 3.39. The molecule has 3 rings (SSSR count). The molecule has 0 atom stereocenters. The van der Waals surface area contributed by atoms with Gasteiger partial charge in [0.25, 0.3) is 11.8 Å². The Labute approximate surface area is 176 Å². The average Bonchev–Trinajstić information content (AvgIpc) is 3.06. The molecule has 30 heavy (non-hydrogen) atoms. The first kappa shape index (κ1) is 22.2. The molecule has 0 saturated carbocycles. The Kier molecular flexibility index (Phi) is 6.47. The predicted molar refractivity (Wildman–Crippen MR) is 107 cm³/mol. The van der Waals surface area contributed by atoms with Crippen molar-refractivity contribution in [2.45, 2.75) is 19.6 Å². The highest BCUT2D eigenvalue weighted by Gasteiger charge is 2.32. The molecule has 1 fully saturated rings. The smallest absolute Gasteiger partial charge is 0.344 e. The third-order valence-corrected chi connectivity index (χ3v) is 6.03. The van der Waals surface area contributed by atoms with Crippen LogP contribution in [0.25, 0.3) is 0 Å². The SMILES string of the molecule is Cc1nc(CN2CCN(C(=O)c3cccc(C(F)(F)F)c3)CC2)sc1C(=O)N(C)C. The number of piperazine rings is 1. The molecular weight excluding hydrogens is 417 g/mol. The maximum atomic E-state index is 12.9. The zero-order valence-corrected chi connectivity index (χ0v) is 17.8. The van der Waals surface area contributed by atoms with Crippen molar-refractivity contribution in [3.8, 4) is 0 Å². The molecule has 0 spiro atoms. The Morgan fingerprint density at radius 3 is 2.43 bits per heavy atom. The number of hydrogen-bond donors (Lipinski definition) is 0. The summed E-state index contributed by atoms with van der Waals surface area (Å²) in [5.74, 6) is -0.475. The minimum atomic E-state index is -4.48. The number of aromatic nitrogens is 1. The van der Waals surface area contributed by atoms with Crippen molar-refractivity contribution in [1.82, 2.24) is 19.7 Å². The largest absolute Gasteiger partial charge is 0.416 e. The van der Waals surface area contributed by atoms with Gasteiger partial charge in [0.2, 0.25) is 0 Å². The minimum Gasteiger partial charge on any atom is -0.344 e. The quantitative estimate of drug-likeness (QED) is 0.733. The summed E-state index contributed by atoms with van der Waals surface area (Å²) >= 11 is 1.37. The number of nitrogens with zero attached hydrogens (tertiary/aromatic N) is 4. The molecule has 2 heterocycles. The number of alkyl halides is 3. The molecule has 1 saturated heterocycles. The zero-order chi connectivity index (χ0) is 22.1. The topological polar surface area (TPSA) is 56.8 Å². The lowest BCUT2D eigenvalue weighted by Gasteiger charge is -2.34. The van der Waals surface area contributed by atoms with Crippen molar-refractivity contribution in [2.24, 2.45) is 0 Å². The van der Waals surface area contributed by atoms with Gasteiger partial charge in [-0.25, -0.2) is 4.98 Å². The van der Waals surface area contributed by atoms with Crippen molar-refractivity contribution >= 4 is 23.2 Å². The van der Waals surface area contributed by atoms with Crippen LogP contribution in [-0.2, 0) is 12.7 Å². The molecule has 6 nitrogen and oxygen atoms in total. The van der Waals surface area contributed by atoms with E-state index in [4.69, 9.17) is 0 Å². The zero-order valence-electron chi connectivity index (χ0n) is 17.0. The second-order valence-electron chi connectivity index (χ2n) is 7.37. The normalized spacial score (nSPS) is 15.3. The van der Waals surface area contributed by atoms with Crippen LogP contribution in [0, 0.1) is 6.92 Å². The Bertz CT molecular complexity index is 934. The Morgan fingerprint density at radius 2 is 1.83 bits per heavy atom. The van der Waals surface area contributed by atoms with Crippen molar-refractivity contribution in [1.29, 1.82) is 0 Å². The molecule has 0 radical (unpaired) electrons. The van der Waals surface area contributed by atoms with Gasteiger partial charge < -0.3 is 9.80 Å². The van der Waals surface area contributed by atoms with Gasteiger partial charge in [-0.1, -0.05) is 6.07 Å². The van der Waals surface area contributed by atoms with Gasteiger partial charge in [-0.2, -0.15) is 13.2 Å². The molecule has 1 aliphatic heterocycles. The van der Waals surface area contributed by atoms with E-state index >= 15 is 0 Å². The van der Waals surface area contributed by atoms with Gasteiger partial charge in [0.15, 0.2) is 0 Å². The molecule has 162 valence electrons. The van der Waals surface area contributed by atoms with Crippen LogP contribution in [0.2, 0.25) is 0 Å². The fraction of sp³-hybridized carbons (Fsp3) is 0.450. The van der Waals surface area contributed by atoms with Crippen LogP contribution in [0.1, 0.15) is 36.3 Å². The minimum absolute atomic E-state index is 0.0423. The first-order valence-electron chi connectivity index (χ1n) is 9.43. The Hall–Kier alpha value is -2.46. The highest BCUT2D eigenvalue weighted by Crippen LogP contribution is 2.30. The average molecular weight is 440 g/mol. The molecule has 0 bridgehead atoms. The first-order chi connectivity index (χ1) is 14.1. The first-order valence-corrected chi connectivity index (χ1v) is 10.2. The lowest BCUT2D eigenvalue weighted by molar-refractivity contribution is -0.137. The highest BCUT2D eigenvalue weighted by molar-refractivity contribution is 7.13. The van der Waals surface area contributed by atoms with Gasteiger partial charge in [0.05, 0.1) is 17.8 Å². The molecule has 1 aromatic heterocycles. The fourth-order valence-corrected chi connectivity index (χ4v) is 4.36. The monoisotopic (exact) mass is 440 g/mol. The van der Waals surface area contributed by atoms with Gasteiger partial charge in [-0.15, -0.1) is 11.3 Å². The summed E-state index contributed by atoms with van der Waals surface area (Å²) < 4.78 is 38.7. The third-order valence-electron chi connectivity index (χ3n) is 4.90.